The van der Waals surface area contributed by atoms with E-state index in [1.165, 1.54) is 19.3 Å². The Kier molecular flexibility index (Phi) is 6.20. The second-order valence-electron chi connectivity index (χ2n) is 8.59. The molecule has 5 rings (SSSR count). The molecule has 2 aromatic heterocycles. The molecule has 8 heteroatoms. The van der Waals surface area contributed by atoms with E-state index in [9.17, 15) is 4.79 Å². The average molecular weight is 460 g/mol. The molecule has 0 atom stereocenters. The predicted octanol–water partition coefficient (Wildman–Crippen LogP) is 4.64. The van der Waals surface area contributed by atoms with Crippen molar-refractivity contribution in [3.8, 4) is 11.5 Å². The molecule has 1 aliphatic heterocycles. The maximum atomic E-state index is 13.2. The number of nitrogens with zero attached hydrogens (tertiary/aromatic N) is 3. The summed E-state index contributed by atoms with van der Waals surface area (Å²) in [6.45, 7) is 3.44. The molecule has 1 amide bonds. The molecule has 3 heterocycles. The third-order valence-electron chi connectivity index (χ3n) is 6.16. The van der Waals surface area contributed by atoms with E-state index in [0.29, 0.717) is 41.4 Å². The first-order chi connectivity index (χ1) is 16.7. The number of carbonyl (C=O) groups excluding carboxylic acids is 1. The number of nitrogen functional groups attached to an aromatic ring is 1. The number of hydrogen-bond acceptors (Lipinski definition) is 6. The van der Waals surface area contributed by atoms with Gasteiger partial charge in [-0.25, -0.2) is 9.97 Å². The van der Waals surface area contributed by atoms with Gasteiger partial charge >= 0.3 is 0 Å². The SMILES string of the molecule is CCCCCCCNC(=O)c1c(N)n(Cc2ccc3c(c2)OCO3)c2nc3ccccc3nc12. The number of carbonyl (C=O) groups is 1. The topological polar surface area (TPSA) is 104 Å². The van der Waals surface area contributed by atoms with Crippen LogP contribution in [0.15, 0.2) is 42.5 Å². The number of nitrogens with two attached hydrogens (primary N) is 1. The monoisotopic (exact) mass is 459 g/mol. The molecule has 0 saturated heterocycles. The Bertz CT molecular complexity index is 1350. The summed E-state index contributed by atoms with van der Waals surface area (Å²) >= 11 is 0. The highest BCUT2D eigenvalue weighted by molar-refractivity contribution is 6.10. The van der Waals surface area contributed by atoms with Crippen LogP contribution in [0.2, 0.25) is 0 Å². The van der Waals surface area contributed by atoms with Gasteiger partial charge in [-0.1, -0.05) is 50.8 Å². The van der Waals surface area contributed by atoms with E-state index in [-0.39, 0.29) is 12.7 Å². The van der Waals surface area contributed by atoms with Gasteiger partial charge in [0.25, 0.3) is 5.91 Å². The summed E-state index contributed by atoms with van der Waals surface area (Å²) in [5, 5.41) is 3.03. The Morgan fingerprint density at radius 3 is 2.62 bits per heavy atom. The van der Waals surface area contributed by atoms with E-state index >= 15 is 0 Å². The van der Waals surface area contributed by atoms with Gasteiger partial charge in [0.1, 0.15) is 16.9 Å². The van der Waals surface area contributed by atoms with Crippen LogP contribution in [-0.2, 0) is 6.54 Å². The summed E-state index contributed by atoms with van der Waals surface area (Å²) in [6.07, 6.45) is 5.63. The standard InChI is InChI=1S/C26H29N5O3/c1-2-3-4-5-8-13-28-26(32)22-23-25(30-19-10-7-6-9-18(19)29-23)31(24(22)27)15-17-11-12-20-21(14-17)34-16-33-20/h6-7,9-12,14H,2-5,8,13,15-16,27H2,1H3,(H,28,32). The van der Waals surface area contributed by atoms with E-state index in [2.05, 4.69) is 12.2 Å². The van der Waals surface area contributed by atoms with Gasteiger partial charge in [0, 0.05) is 6.54 Å². The quantitative estimate of drug-likeness (QED) is 0.353. The van der Waals surface area contributed by atoms with Gasteiger partial charge in [0.15, 0.2) is 17.1 Å². The van der Waals surface area contributed by atoms with Crippen molar-refractivity contribution in [2.24, 2.45) is 0 Å². The van der Waals surface area contributed by atoms with Crippen molar-refractivity contribution in [3.05, 3.63) is 53.6 Å². The fourth-order valence-electron chi connectivity index (χ4n) is 4.34. The second kappa shape index (κ2) is 9.59. The highest BCUT2D eigenvalue weighted by Crippen LogP contribution is 2.34. The van der Waals surface area contributed by atoms with Crippen LogP contribution in [0.5, 0.6) is 11.5 Å². The molecule has 8 nitrogen and oxygen atoms in total. The Morgan fingerprint density at radius 1 is 1.03 bits per heavy atom. The van der Waals surface area contributed by atoms with Crippen LogP contribution in [-0.4, -0.2) is 33.8 Å². The van der Waals surface area contributed by atoms with Gasteiger partial charge < -0.3 is 25.1 Å². The maximum absolute atomic E-state index is 13.2. The molecular formula is C26H29N5O3. The lowest BCUT2D eigenvalue weighted by Crippen LogP contribution is -2.25. The minimum absolute atomic E-state index is 0.216. The van der Waals surface area contributed by atoms with Gasteiger partial charge in [0.2, 0.25) is 6.79 Å². The number of fused-ring (bicyclic) bond motifs is 3. The molecule has 176 valence electrons. The smallest absolute Gasteiger partial charge is 0.257 e. The summed E-state index contributed by atoms with van der Waals surface area (Å²) in [7, 11) is 0. The number of hydrogen-bond donors (Lipinski definition) is 2. The van der Waals surface area contributed by atoms with Crippen LogP contribution < -0.4 is 20.5 Å². The van der Waals surface area contributed by atoms with E-state index in [4.69, 9.17) is 25.2 Å². The van der Waals surface area contributed by atoms with Crippen LogP contribution in [0.4, 0.5) is 5.82 Å². The summed E-state index contributed by atoms with van der Waals surface area (Å²) in [6, 6.07) is 13.4. The zero-order valence-corrected chi connectivity index (χ0v) is 19.3. The van der Waals surface area contributed by atoms with Gasteiger partial charge in [-0.2, -0.15) is 0 Å². The van der Waals surface area contributed by atoms with Crippen LogP contribution in [0, 0.1) is 0 Å². The van der Waals surface area contributed by atoms with Crippen LogP contribution in [0.25, 0.3) is 22.2 Å². The molecule has 0 aliphatic carbocycles. The molecule has 0 fully saturated rings. The Hall–Kier alpha value is -3.81. The minimum Gasteiger partial charge on any atom is -0.454 e. The zero-order valence-electron chi connectivity index (χ0n) is 19.3. The van der Waals surface area contributed by atoms with Crippen molar-refractivity contribution >= 4 is 33.9 Å². The molecule has 0 unspecified atom stereocenters. The number of amides is 1. The number of para-hydroxylation sites is 2. The lowest BCUT2D eigenvalue weighted by molar-refractivity contribution is 0.0955. The number of rotatable bonds is 9. The lowest BCUT2D eigenvalue weighted by Gasteiger charge is -2.09. The first kappa shape index (κ1) is 22.0. The van der Waals surface area contributed by atoms with E-state index in [1.807, 2.05) is 47.0 Å². The third kappa shape index (κ3) is 4.23. The molecule has 0 spiro atoms. The molecule has 4 aromatic rings. The zero-order chi connectivity index (χ0) is 23.5. The van der Waals surface area contributed by atoms with Crippen molar-refractivity contribution in [2.75, 3.05) is 19.1 Å². The molecule has 3 N–H and O–H groups in total. The summed E-state index contributed by atoms with van der Waals surface area (Å²) in [4.78, 5) is 22.8. The maximum Gasteiger partial charge on any atom is 0.257 e. The van der Waals surface area contributed by atoms with Gasteiger partial charge in [-0.15, -0.1) is 0 Å². The van der Waals surface area contributed by atoms with Crippen LogP contribution >= 0.6 is 0 Å². The Labute approximate surface area is 198 Å². The number of unbranched alkanes of at least 4 members (excludes halogenated alkanes) is 4. The first-order valence-corrected chi connectivity index (χ1v) is 11.9. The van der Waals surface area contributed by atoms with Crippen molar-refractivity contribution < 1.29 is 14.3 Å². The summed E-state index contributed by atoms with van der Waals surface area (Å²) in [5.74, 6) is 1.56. The summed E-state index contributed by atoms with van der Waals surface area (Å²) < 4.78 is 12.8. The highest BCUT2D eigenvalue weighted by atomic mass is 16.7. The Balaban J connectivity index is 1.49. The van der Waals surface area contributed by atoms with Crippen molar-refractivity contribution in [1.82, 2.24) is 19.9 Å². The average Bonchev–Trinajstić information content (AvgIpc) is 3.42. The third-order valence-corrected chi connectivity index (χ3v) is 6.16. The second-order valence-corrected chi connectivity index (χ2v) is 8.59. The largest absolute Gasteiger partial charge is 0.454 e. The molecule has 2 aromatic carbocycles. The molecular weight excluding hydrogens is 430 g/mol. The predicted molar refractivity (Wildman–Crippen MR) is 132 cm³/mol. The number of nitrogens with one attached hydrogen (secondary N) is 1. The Morgan fingerprint density at radius 2 is 1.79 bits per heavy atom. The number of aromatic nitrogens is 3. The van der Waals surface area contributed by atoms with Crippen molar-refractivity contribution in [1.29, 1.82) is 0 Å². The molecule has 0 bridgehead atoms. The van der Waals surface area contributed by atoms with Gasteiger partial charge in [0.05, 0.1) is 17.6 Å². The van der Waals surface area contributed by atoms with Gasteiger partial charge in [-0.3, -0.25) is 4.79 Å². The summed E-state index contributed by atoms with van der Waals surface area (Å²) in [5.41, 5.74) is 10.5. The molecule has 0 saturated carbocycles. The van der Waals surface area contributed by atoms with Crippen LogP contribution in [0.1, 0.15) is 54.9 Å². The number of ether oxygens (including phenoxy) is 2. The molecule has 0 radical (unpaired) electrons. The molecule has 1 aliphatic rings. The van der Waals surface area contributed by atoms with E-state index < -0.39 is 0 Å². The number of anilines is 1. The fourth-order valence-corrected chi connectivity index (χ4v) is 4.34. The van der Waals surface area contributed by atoms with Crippen molar-refractivity contribution in [2.45, 2.75) is 45.6 Å². The normalized spacial score (nSPS) is 12.5. The van der Waals surface area contributed by atoms with Crippen LogP contribution in [0.3, 0.4) is 0 Å². The van der Waals surface area contributed by atoms with Gasteiger partial charge in [-0.05, 0) is 36.2 Å². The molecule has 34 heavy (non-hydrogen) atoms. The minimum atomic E-state index is -0.216. The number of benzene rings is 2. The van der Waals surface area contributed by atoms with E-state index in [0.717, 1.165) is 35.2 Å². The first-order valence-electron chi connectivity index (χ1n) is 11.9. The van der Waals surface area contributed by atoms with E-state index in [1.54, 1.807) is 0 Å². The highest BCUT2D eigenvalue weighted by Gasteiger charge is 2.24. The lowest BCUT2D eigenvalue weighted by atomic mass is 10.1. The fraction of sp³-hybridized carbons (Fsp3) is 0.346. The van der Waals surface area contributed by atoms with Crippen molar-refractivity contribution in [3.63, 3.8) is 0 Å².